The van der Waals surface area contributed by atoms with Crippen LogP contribution < -0.4 is 0 Å². The van der Waals surface area contributed by atoms with Crippen molar-refractivity contribution in [3.8, 4) is 0 Å². The van der Waals surface area contributed by atoms with E-state index in [9.17, 15) is 13.2 Å². The Morgan fingerprint density at radius 2 is 1.79 bits per heavy atom. The lowest BCUT2D eigenvalue weighted by Gasteiger charge is -2.03. The lowest BCUT2D eigenvalue weighted by Crippen LogP contribution is -2.03. The Morgan fingerprint density at radius 1 is 1.36 bits per heavy atom. The molecule has 0 atom stereocenters. The van der Waals surface area contributed by atoms with Crippen molar-refractivity contribution < 1.29 is 13.2 Å². The van der Waals surface area contributed by atoms with E-state index >= 15 is 0 Å². The van der Waals surface area contributed by atoms with Gasteiger partial charge in [0.05, 0.1) is 5.56 Å². The standard InChI is InChI=1S/C7H4F3.C2H5.BrH.Mg/c8-7(9,10)6-4-2-1-3-5-6;1-2;;/h2-5H;1H2,2H3;1H;/q;;;+1/p-1. The smallest absolute Gasteiger partial charge is 0.307 e. The van der Waals surface area contributed by atoms with Crippen molar-refractivity contribution in [1.82, 2.24) is 0 Å². The molecule has 0 aliphatic rings. The number of hydrogen-bond acceptors (Lipinski definition) is 0. The molecule has 0 saturated carbocycles. The fourth-order valence-electron chi connectivity index (χ4n) is 0.576. The Labute approximate surface area is 97.5 Å². The number of alkyl halides is 3. The predicted molar refractivity (Wildman–Crippen MR) is 55.4 cm³/mol. The summed E-state index contributed by atoms with van der Waals surface area (Å²) in [5.41, 5.74) is -0.633. The van der Waals surface area contributed by atoms with Gasteiger partial charge in [-0.05, 0) is 18.2 Å². The van der Waals surface area contributed by atoms with Gasteiger partial charge in [0.15, 0.2) is 0 Å². The van der Waals surface area contributed by atoms with Crippen LogP contribution in [0.2, 0.25) is 4.55 Å². The second-order valence-corrected chi connectivity index (χ2v) is 6.23. The molecule has 1 aromatic rings. The Balaban J connectivity index is 0.000000364. The van der Waals surface area contributed by atoms with Crippen LogP contribution in [0, 0.1) is 6.07 Å². The van der Waals surface area contributed by atoms with E-state index in [0.29, 0.717) is 0 Å². The zero-order chi connectivity index (χ0) is 11.0. The summed E-state index contributed by atoms with van der Waals surface area (Å²) in [6, 6.07) is 6.95. The molecule has 0 aliphatic carbocycles. The first kappa shape index (κ1) is 14.3. The molecule has 0 nitrogen and oxygen atoms in total. The summed E-state index contributed by atoms with van der Waals surface area (Å²) in [6.07, 6.45) is -4.23. The first-order valence-corrected chi connectivity index (χ1v) is 9.01. The van der Waals surface area contributed by atoms with Crippen molar-refractivity contribution >= 4 is 31.1 Å². The van der Waals surface area contributed by atoms with Gasteiger partial charge in [-0.25, -0.2) is 0 Å². The highest BCUT2D eigenvalue weighted by Gasteiger charge is 2.29. The summed E-state index contributed by atoms with van der Waals surface area (Å²) in [6.45, 7) is 2.20. The van der Waals surface area contributed by atoms with Gasteiger partial charge in [-0.2, -0.15) is 13.2 Å². The Hall–Kier alpha value is 0.256. The number of benzene rings is 1. The van der Waals surface area contributed by atoms with Crippen molar-refractivity contribution in [2.24, 2.45) is 0 Å². The highest BCUT2D eigenvalue weighted by atomic mass is 79.9. The molecule has 0 N–H and O–H groups in total. The van der Waals surface area contributed by atoms with E-state index < -0.39 is 11.7 Å². The Bertz CT molecular complexity index is 234. The highest BCUT2D eigenvalue weighted by Crippen LogP contribution is 2.28. The van der Waals surface area contributed by atoms with E-state index in [4.69, 9.17) is 0 Å². The summed E-state index contributed by atoms with van der Waals surface area (Å²) in [5.74, 6) is 0. The highest BCUT2D eigenvalue weighted by molar-refractivity contribution is 9.23. The summed E-state index contributed by atoms with van der Waals surface area (Å²) in [5, 5.41) is 0. The average molecular weight is 278 g/mol. The predicted octanol–water partition coefficient (Wildman–Crippen LogP) is 3.94. The monoisotopic (exact) mass is 277 g/mol. The van der Waals surface area contributed by atoms with Crippen LogP contribution in [-0.2, 0) is 6.18 Å². The van der Waals surface area contributed by atoms with Gasteiger partial charge in [-0.3, -0.25) is 0 Å². The molecule has 1 rings (SSSR count). The zero-order valence-corrected chi connectivity index (χ0v) is 10.7. The fraction of sp³-hybridized carbons (Fsp3) is 0.333. The van der Waals surface area contributed by atoms with Crippen molar-refractivity contribution in [1.29, 1.82) is 0 Å². The molecular weight excluding hydrogens is 269 g/mol. The van der Waals surface area contributed by atoms with Crippen molar-refractivity contribution in [2.45, 2.75) is 17.7 Å². The molecule has 0 aliphatic heterocycles. The van der Waals surface area contributed by atoms with Gasteiger partial charge in [0, 0.05) is 0 Å². The summed E-state index contributed by atoms with van der Waals surface area (Å²) in [4.78, 5) is 0. The van der Waals surface area contributed by atoms with Gasteiger partial charge in [-0.1, -0.05) is 19.1 Å². The maximum absolute atomic E-state index is 11.8. The molecule has 0 aromatic heterocycles. The normalized spacial score (nSPS) is 9.79. The van der Waals surface area contributed by atoms with Crippen LogP contribution in [0.25, 0.3) is 0 Å². The summed E-state index contributed by atoms with van der Waals surface area (Å²) >= 11 is 3.62. The van der Waals surface area contributed by atoms with Crippen LogP contribution in [0.3, 0.4) is 0 Å². The molecule has 0 unspecified atom stereocenters. The minimum absolute atomic E-state index is 0.237. The number of halogens is 4. The van der Waals surface area contributed by atoms with E-state index in [1.54, 1.807) is 0 Å². The minimum Gasteiger partial charge on any atom is -0.307 e. The van der Waals surface area contributed by atoms with Crippen LogP contribution >= 0.6 is 12.9 Å². The first-order chi connectivity index (χ1) is 6.52. The molecule has 0 spiro atoms. The topological polar surface area (TPSA) is 0 Å². The largest absolute Gasteiger partial charge is 0.468 e. The molecule has 1 radical (unpaired) electrons. The number of rotatable bonds is 1. The lowest BCUT2D eigenvalue weighted by molar-refractivity contribution is -0.137. The van der Waals surface area contributed by atoms with Crippen molar-refractivity contribution in [3.05, 3.63) is 35.9 Å². The lowest BCUT2D eigenvalue weighted by atomic mass is 10.2. The van der Waals surface area contributed by atoms with Crippen LogP contribution in [0.15, 0.2) is 24.3 Å². The molecule has 1 aromatic carbocycles. The Kier molecular flexibility index (Phi) is 7.67. The molecule has 0 fully saturated rings. The third kappa shape index (κ3) is 6.67. The maximum Gasteiger partial charge on any atom is 0.468 e. The summed E-state index contributed by atoms with van der Waals surface area (Å²) < 4.78 is 36.7. The molecule has 0 amide bonds. The quantitative estimate of drug-likeness (QED) is 0.682. The first-order valence-electron chi connectivity index (χ1n) is 4.11. The molecule has 75 valence electrons. The van der Waals surface area contributed by atoms with E-state index in [1.165, 1.54) is 16.7 Å². The molecule has 0 bridgehead atoms. The average Bonchev–Trinajstić information content (AvgIpc) is 2.18. The van der Waals surface area contributed by atoms with Crippen LogP contribution in [0.5, 0.6) is 0 Å². The zero-order valence-electron chi connectivity index (χ0n) is 7.74. The van der Waals surface area contributed by atoms with E-state index in [-0.39, 0.29) is 18.2 Å². The van der Waals surface area contributed by atoms with Crippen LogP contribution in [0.1, 0.15) is 12.5 Å². The molecule has 0 heterocycles. The summed E-state index contributed by atoms with van der Waals surface area (Å²) in [7, 11) is 0. The van der Waals surface area contributed by atoms with Crippen LogP contribution in [0.4, 0.5) is 13.2 Å². The van der Waals surface area contributed by atoms with Crippen molar-refractivity contribution in [2.75, 3.05) is 0 Å². The minimum atomic E-state index is -4.23. The fourth-order valence-corrected chi connectivity index (χ4v) is 0.576. The maximum atomic E-state index is 11.8. The second kappa shape index (κ2) is 7.54. The molecular formula is C9H9BrF3Mg. The SMILES string of the molecule is C[CH2][Mg][Br].FC(F)(F)c1cc[c]cc1. The van der Waals surface area contributed by atoms with Gasteiger partial charge in [0.25, 0.3) is 0 Å². The van der Waals surface area contributed by atoms with Gasteiger partial charge >= 0.3 is 24.4 Å². The molecule has 5 heteroatoms. The van der Waals surface area contributed by atoms with Crippen LogP contribution in [-0.4, -0.2) is 18.2 Å². The second-order valence-electron chi connectivity index (χ2n) is 2.48. The van der Waals surface area contributed by atoms with Gasteiger partial charge in [-0.15, -0.1) is 4.55 Å². The molecule has 0 saturated heterocycles. The van der Waals surface area contributed by atoms with Crippen molar-refractivity contribution in [3.63, 3.8) is 0 Å². The number of hydrogen-bond donors (Lipinski definition) is 0. The third-order valence-corrected chi connectivity index (χ3v) is 3.99. The Morgan fingerprint density at radius 3 is 2.00 bits per heavy atom. The molecule has 14 heavy (non-hydrogen) atoms. The van der Waals surface area contributed by atoms with E-state index in [1.807, 2.05) is 0 Å². The van der Waals surface area contributed by atoms with Gasteiger partial charge in [0.2, 0.25) is 0 Å². The van der Waals surface area contributed by atoms with E-state index in [2.05, 4.69) is 25.9 Å². The van der Waals surface area contributed by atoms with Gasteiger partial charge < -0.3 is 12.9 Å². The van der Waals surface area contributed by atoms with E-state index in [0.717, 1.165) is 12.1 Å². The van der Waals surface area contributed by atoms with Gasteiger partial charge in [0.1, 0.15) is 0 Å². The third-order valence-electron chi connectivity index (χ3n) is 1.23.